The van der Waals surface area contributed by atoms with Crippen molar-refractivity contribution in [3.63, 3.8) is 0 Å². The van der Waals surface area contributed by atoms with Crippen LogP contribution in [0.4, 0.5) is 5.82 Å². The van der Waals surface area contributed by atoms with Crippen LogP contribution in [0.2, 0.25) is 0 Å². The fourth-order valence-corrected chi connectivity index (χ4v) is 5.03. The van der Waals surface area contributed by atoms with Crippen molar-refractivity contribution in [2.24, 2.45) is 0 Å². The van der Waals surface area contributed by atoms with Crippen LogP contribution in [0, 0.1) is 0 Å². The Labute approximate surface area is 170 Å². The van der Waals surface area contributed by atoms with Crippen molar-refractivity contribution >= 4 is 27.4 Å². The number of benzene rings is 1. The highest BCUT2D eigenvalue weighted by Gasteiger charge is 2.19. The van der Waals surface area contributed by atoms with Gasteiger partial charge in [0.1, 0.15) is 17.0 Å². The van der Waals surface area contributed by atoms with Crippen LogP contribution >= 0.6 is 11.3 Å². The molecule has 0 fully saturated rings. The molecule has 0 unspecified atom stereocenters. The van der Waals surface area contributed by atoms with Gasteiger partial charge in [0.25, 0.3) is 0 Å². The molecule has 0 atom stereocenters. The standard InChI is InChI=1S/C22H27N3O2S/c1-3-26-17-10-9-15(13-18(17)27-4-2)11-12-23-21-20-16-7-5-6-8-19(16)28-22(20)25-14-24-21/h9-10,13-14H,3-8,11-12H2,1-2H3,(H,23,24,25). The second-order valence-electron chi connectivity index (χ2n) is 6.94. The van der Waals surface area contributed by atoms with Crippen molar-refractivity contribution in [2.45, 2.75) is 46.0 Å². The lowest BCUT2D eigenvalue weighted by molar-refractivity contribution is 0.287. The Morgan fingerprint density at radius 2 is 1.86 bits per heavy atom. The van der Waals surface area contributed by atoms with Crippen molar-refractivity contribution in [2.75, 3.05) is 25.1 Å². The first-order chi connectivity index (χ1) is 13.8. The Morgan fingerprint density at radius 3 is 2.71 bits per heavy atom. The summed E-state index contributed by atoms with van der Waals surface area (Å²) in [6.45, 7) is 6.06. The second kappa shape index (κ2) is 8.78. The number of aryl methyl sites for hydroxylation is 2. The molecule has 0 spiro atoms. The Balaban J connectivity index is 1.48. The number of hydrogen-bond acceptors (Lipinski definition) is 6. The zero-order chi connectivity index (χ0) is 19.3. The van der Waals surface area contributed by atoms with E-state index in [1.807, 2.05) is 31.3 Å². The molecule has 0 saturated heterocycles. The number of hydrogen-bond donors (Lipinski definition) is 1. The van der Waals surface area contributed by atoms with Crippen LogP contribution in [-0.2, 0) is 19.3 Å². The molecule has 148 valence electrons. The molecular weight excluding hydrogens is 370 g/mol. The molecule has 4 rings (SSSR count). The summed E-state index contributed by atoms with van der Waals surface area (Å²) in [5.41, 5.74) is 2.69. The topological polar surface area (TPSA) is 56.3 Å². The highest BCUT2D eigenvalue weighted by Crippen LogP contribution is 2.38. The van der Waals surface area contributed by atoms with Crippen LogP contribution in [0.15, 0.2) is 24.5 Å². The average molecular weight is 398 g/mol. The van der Waals surface area contributed by atoms with E-state index >= 15 is 0 Å². The average Bonchev–Trinajstić information content (AvgIpc) is 3.10. The zero-order valence-corrected chi connectivity index (χ0v) is 17.4. The first kappa shape index (κ1) is 19.0. The highest BCUT2D eigenvalue weighted by molar-refractivity contribution is 7.19. The van der Waals surface area contributed by atoms with Crippen molar-refractivity contribution < 1.29 is 9.47 Å². The number of fused-ring (bicyclic) bond motifs is 3. The van der Waals surface area contributed by atoms with Gasteiger partial charge in [-0.3, -0.25) is 0 Å². The van der Waals surface area contributed by atoms with E-state index in [2.05, 4.69) is 27.4 Å². The van der Waals surface area contributed by atoms with Gasteiger partial charge in [-0.05, 0) is 69.2 Å². The first-order valence-corrected chi connectivity index (χ1v) is 11.0. The predicted octanol–water partition coefficient (Wildman–Crippen LogP) is 5.02. The molecule has 0 radical (unpaired) electrons. The van der Waals surface area contributed by atoms with Crippen molar-refractivity contribution in [3.8, 4) is 11.5 Å². The maximum Gasteiger partial charge on any atom is 0.161 e. The minimum absolute atomic E-state index is 0.629. The summed E-state index contributed by atoms with van der Waals surface area (Å²) in [6.07, 6.45) is 7.45. The molecule has 0 bridgehead atoms. The number of nitrogens with one attached hydrogen (secondary N) is 1. The van der Waals surface area contributed by atoms with Gasteiger partial charge in [0, 0.05) is 11.4 Å². The summed E-state index contributed by atoms with van der Waals surface area (Å²) < 4.78 is 11.4. The number of thiophene rings is 1. The third kappa shape index (κ3) is 3.92. The Kier molecular flexibility index (Phi) is 5.95. The van der Waals surface area contributed by atoms with Gasteiger partial charge in [-0.15, -0.1) is 11.3 Å². The Bertz CT molecular complexity index is 954. The molecular formula is C22H27N3O2S. The van der Waals surface area contributed by atoms with Gasteiger partial charge >= 0.3 is 0 Å². The van der Waals surface area contributed by atoms with Gasteiger partial charge in [0.05, 0.1) is 18.6 Å². The smallest absolute Gasteiger partial charge is 0.161 e. The molecule has 6 heteroatoms. The molecule has 5 nitrogen and oxygen atoms in total. The third-order valence-electron chi connectivity index (χ3n) is 5.07. The zero-order valence-electron chi connectivity index (χ0n) is 16.6. The molecule has 1 aliphatic carbocycles. The van der Waals surface area contributed by atoms with Gasteiger partial charge in [0.15, 0.2) is 11.5 Å². The van der Waals surface area contributed by atoms with Gasteiger partial charge in [-0.1, -0.05) is 6.07 Å². The Hall–Kier alpha value is -2.34. The van der Waals surface area contributed by atoms with E-state index in [-0.39, 0.29) is 0 Å². The first-order valence-electron chi connectivity index (χ1n) is 10.2. The molecule has 1 aliphatic rings. The van der Waals surface area contributed by atoms with E-state index in [1.165, 1.54) is 40.7 Å². The van der Waals surface area contributed by atoms with Crippen molar-refractivity contribution in [1.29, 1.82) is 0 Å². The van der Waals surface area contributed by atoms with Crippen molar-refractivity contribution in [3.05, 3.63) is 40.5 Å². The van der Waals surface area contributed by atoms with Crippen LogP contribution in [0.25, 0.3) is 10.2 Å². The lowest BCUT2D eigenvalue weighted by Crippen LogP contribution is -2.08. The summed E-state index contributed by atoms with van der Waals surface area (Å²) in [7, 11) is 0. The number of aromatic nitrogens is 2. The van der Waals surface area contributed by atoms with E-state index in [4.69, 9.17) is 9.47 Å². The van der Waals surface area contributed by atoms with Crippen LogP contribution in [0.3, 0.4) is 0 Å². The van der Waals surface area contributed by atoms with Crippen LogP contribution in [0.1, 0.15) is 42.7 Å². The van der Waals surface area contributed by atoms with Crippen LogP contribution < -0.4 is 14.8 Å². The third-order valence-corrected chi connectivity index (χ3v) is 6.27. The molecule has 3 aromatic rings. The van der Waals surface area contributed by atoms with Gasteiger partial charge in [-0.2, -0.15) is 0 Å². The predicted molar refractivity (Wildman–Crippen MR) is 115 cm³/mol. The largest absolute Gasteiger partial charge is 0.490 e. The number of rotatable bonds is 8. The molecule has 2 aromatic heterocycles. The fourth-order valence-electron chi connectivity index (χ4n) is 3.80. The molecule has 2 heterocycles. The maximum absolute atomic E-state index is 5.74. The molecule has 0 saturated carbocycles. The summed E-state index contributed by atoms with van der Waals surface area (Å²) in [4.78, 5) is 11.7. The van der Waals surface area contributed by atoms with E-state index in [1.54, 1.807) is 6.33 Å². The summed E-state index contributed by atoms with van der Waals surface area (Å²) in [5.74, 6) is 2.60. The number of anilines is 1. The van der Waals surface area contributed by atoms with Crippen LogP contribution in [-0.4, -0.2) is 29.7 Å². The van der Waals surface area contributed by atoms with E-state index in [0.29, 0.717) is 13.2 Å². The molecule has 1 N–H and O–H groups in total. The van der Waals surface area contributed by atoms with Crippen LogP contribution in [0.5, 0.6) is 11.5 Å². The van der Waals surface area contributed by atoms with E-state index in [9.17, 15) is 0 Å². The second-order valence-corrected chi connectivity index (χ2v) is 8.02. The SMILES string of the molecule is CCOc1ccc(CCNc2ncnc3sc4c(c23)CCCC4)cc1OCC. The number of ether oxygens (including phenoxy) is 2. The maximum atomic E-state index is 5.74. The summed E-state index contributed by atoms with van der Waals surface area (Å²) in [6, 6.07) is 6.19. The highest BCUT2D eigenvalue weighted by atomic mass is 32.1. The quantitative estimate of drug-likeness (QED) is 0.578. The summed E-state index contributed by atoms with van der Waals surface area (Å²) in [5, 5.41) is 4.79. The number of nitrogens with zero attached hydrogens (tertiary/aromatic N) is 2. The Morgan fingerprint density at radius 1 is 1.04 bits per heavy atom. The molecule has 28 heavy (non-hydrogen) atoms. The van der Waals surface area contributed by atoms with Crippen molar-refractivity contribution in [1.82, 2.24) is 9.97 Å². The summed E-state index contributed by atoms with van der Waals surface area (Å²) >= 11 is 1.84. The molecule has 0 amide bonds. The van der Waals surface area contributed by atoms with Gasteiger partial charge < -0.3 is 14.8 Å². The van der Waals surface area contributed by atoms with Gasteiger partial charge in [0.2, 0.25) is 0 Å². The molecule has 0 aliphatic heterocycles. The lowest BCUT2D eigenvalue weighted by Gasteiger charge is -2.14. The normalized spacial score (nSPS) is 13.4. The lowest BCUT2D eigenvalue weighted by atomic mass is 9.97. The van der Waals surface area contributed by atoms with E-state index < -0.39 is 0 Å². The van der Waals surface area contributed by atoms with Gasteiger partial charge in [-0.25, -0.2) is 9.97 Å². The minimum Gasteiger partial charge on any atom is -0.490 e. The fraction of sp³-hybridized carbons (Fsp3) is 0.455. The minimum atomic E-state index is 0.629. The molecule has 1 aromatic carbocycles. The van der Waals surface area contributed by atoms with E-state index in [0.717, 1.165) is 41.5 Å². The monoisotopic (exact) mass is 397 g/mol.